The van der Waals surface area contributed by atoms with Gasteiger partial charge in [-0.15, -0.1) is 0 Å². The number of benzene rings is 1. The first-order valence-corrected chi connectivity index (χ1v) is 8.75. The largest absolute Gasteiger partial charge is 0.492 e. The lowest BCUT2D eigenvalue weighted by Gasteiger charge is -2.31. The van der Waals surface area contributed by atoms with E-state index in [4.69, 9.17) is 9.47 Å². The van der Waals surface area contributed by atoms with Gasteiger partial charge in [-0.05, 0) is 37.1 Å². The van der Waals surface area contributed by atoms with Gasteiger partial charge in [-0.3, -0.25) is 9.69 Å². The SMILES string of the molecule is COC1CCN(CC(=O)N(C)CCOc2ccc(Br)cc2)CC1. The van der Waals surface area contributed by atoms with Crippen LogP contribution in [0.15, 0.2) is 28.7 Å². The van der Waals surface area contributed by atoms with Gasteiger partial charge < -0.3 is 14.4 Å². The molecule has 0 atom stereocenters. The molecule has 1 aliphatic heterocycles. The van der Waals surface area contributed by atoms with Crippen LogP contribution in [0.4, 0.5) is 0 Å². The van der Waals surface area contributed by atoms with Gasteiger partial charge in [0.1, 0.15) is 12.4 Å². The summed E-state index contributed by atoms with van der Waals surface area (Å²) >= 11 is 3.39. The normalized spacial score (nSPS) is 16.3. The number of halogens is 1. The highest BCUT2D eigenvalue weighted by Crippen LogP contribution is 2.16. The topological polar surface area (TPSA) is 42.0 Å². The maximum Gasteiger partial charge on any atom is 0.236 e. The quantitative estimate of drug-likeness (QED) is 0.723. The highest BCUT2D eigenvalue weighted by atomic mass is 79.9. The molecule has 1 amide bonds. The van der Waals surface area contributed by atoms with Crippen molar-refractivity contribution >= 4 is 21.8 Å². The Bertz CT molecular complexity index is 487. The molecular formula is C17H25BrN2O3. The van der Waals surface area contributed by atoms with Gasteiger partial charge in [0.15, 0.2) is 0 Å². The van der Waals surface area contributed by atoms with E-state index >= 15 is 0 Å². The highest BCUT2D eigenvalue weighted by Gasteiger charge is 2.21. The van der Waals surface area contributed by atoms with Gasteiger partial charge >= 0.3 is 0 Å². The fraction of sp³-hybridized carbons (Fsp3) is 0.588. The molecule has 2 rings (SSSR count). The highest BCUT2D eigenvalue weighted by molar-refractivity contribution is 9.10. The number of nitrogens with zero attached hydrogens (tertiary/aromatic N) is 2. The molecule has 1 aromatic carbocycles. The number of hydrogen-bond acceptors (Lipinski definition) is 4. The maximum atomic E-state index is 12.2. The molecule has 0 aliphatic carbocycles. The van der Waals surface area contributed by atoms with E-state index in [1.807, 2.05) is 31.3 Å². The molecule has 0 radical (unpaired) electrons. The van der Waals surface area contributed by atoms with Crippen molar-refractivity contribution in [1.82, 2.24) is 9.80 Å². The first kappa shape index (κ1) is 18.2. The number of ether oxygens (including phenoxy) is 2. The van der Waals surface area contributed by atoms with Crippen molar-refractivity contribution < 1.29 is 14.3 Å². The maximum absolute atomic E-state index is 12.2. The summed E-state index contributed by atoms with van der Waals surface area (Å²) < 4.78 is 12.0. The predicted octanol–water partition coefficient (Wildman–Crippen LogP) is 2.40. The Morgan fingerprint density at radius 1 is 1.30 bits per heavy atom. The standard InChI is InChI=1S/C17H25BrN2O3/c1-19(11-12-23-16-5-3-14(18)4-6-16)17(21)13-20-9-7-15(22-2)8-10-20/h3-6,15H,7-13H2,1-2H3. The molecule has 0 N–H and O–H groups in total. The molecule has 0 spiro atoms. The van der Waals surface area contributed by atoms with Crippen LogP contribution >= 0.6 is 15.9 Å². The molecule has 0 aromatic heterocycles. The van der Waals surface area contributed by atoms with E-state index < -0.39 is 0 Å². The van der Waals surface area contributed by atoms with Crippen LogP contribution < -0.4 is 4.74 Å². The Labute approximate surface area is 146 Å². The number of carbonyl (C=O) groups excluding carboxylic acids is 1. The van der Waals surface area contributed by atoms with Gasteiger partial charge in [0.25, 0.3) is 0 Å². The van der Waals surface area contributed by atoms with Gasteiger partial charge in [-0.1, -0.05) is 15.9 Å². The third kappa shape index (κ3) is 6.12. The van der Waals surface area contributed by atoms with Crippen molar-refractivity contribution in [1.29, 1.82) is 0 Å². The molecule has 23 heavy (non-hydrogen) atoms. The third-order valence-corrected chi connectivity index (χ3v) is 4.69. The van der Waals surface area contributed by atoms with Crippen molar-refractivity contribution in [2.24, 2.45) is 0 Å². The van der Waals surface area contributed by atoms with Crippen LogP contribution in [0.1, 0.15) is 12.8 Å². The summed E-state index contributed by atoms with van der Waals surface area (Å²) in [5, 5.41) is 0. The van der Waals surface area contributed by atoms with E-state index in [1.54, 1.807) is 12.0 Å². The van der Waals surface area contributed by atoms with Crippen molar-refractivity contribution in [2.75, 3.05) is 46.9 Å². The van der Waals surface area contributed by atoms with E-state index in [0.717, 1.165) is 36.2 Å². The zero-order chi connectivity index (χ0) is 16.7. The number of piperidine rings is 1. The molecule has 0 saturated carbocycles. The number of hydrogen-bond donors (Lipinski definition) is 0. The van der Waals surface area contributed by atoms with Crippen LogP contribution in [0, 0.1) is 0 Å². The molecule has 5 nitrogen and oxygen atoms in total. The average Bonchev–Trinajstić information content (AvgIpc) is 2.57. The molecule has 1 saturated heterocycles. The summed E-state index contributed by atoms with van der Waals surface area (Å²) in [4.78, 5) is 16.2. The zero-order valence-electron chi connectivity index (χ0n) is 13.8. The molecule has 1 fully saturated rings. The molecule has 128 valence electrons. The fourth-order valence-electron chi connectivity index (χ4n) is 2.57. The number of amides is 1. The molecule has 1 heterocycles. The lowest BCUT2D eigenvalue weighted by Crippen LogP contribution is -2.44. The van der Waals surface area contributed by atoms with E-state index in [0.29, 0.717) is 25.8 Å². The van der Waals surface area contributed by atoms with Crippen molar-refractivity contribution in [3.05, 3.63) is 28.7 Å². The van der Waals surface area contributed by atoms with E-state index in [1.165, 1.54) is 0 Å². The fourth-order valence-corrected chi connectivity index (χ4v) is 2.84. The summed E-state index contributed by atoms with van der Waals surface area (Å²) in [5.41, 5.74) is 0. The second-order valence-corrected chi connectivity index (χ2v) is 6.74. The van der Waals surface area contributed by atoms with Crippen LogP contribution in [-0.4, -0.2) is 68.8 Å². The summed E-state index contributed by atoms with van der Waals surface area (Å²) in [6.45, 7) is 3.41. The Hall–Kier alpha value is -1.11. The van der Waals surface area contributed by atoms with Crippen LogP contribution in [0.5, 0.6) is 5.75 Å². The molecular weight excluding hydrogens is 360 g/mol. The lowest BCUT2D eigenvalue weighted by atomic mass is 10.1. The van der Waals surface area contributed by atoms with Crippen LogP contribution in [-0.2, 0) is 9.53 Å². The van der Waals surface area contributed by atoms with Crippen LogP contribution in [0.3, 0.4) is 0 Å². The third-order valence-electron chi connectivity index (χ3n) is 4.16. The number of likely N-dealkylation sites (tertiary alicyclic amines) is 1. The lowest BCUT2D eigenvalue weighted by molar-refractivity contribution is -0.132. The Kier molecular flexibility index (Phi) is 7.33. The van der Waals surface area contributed by atoms with Gasteiger partial charge in [-0.2, -0.15) is 0 Å². The summed E-state index contributed by atoms with van der Waals surface area (Å²) in [5.74, 6) is 0.955. The van der Waals surface area contributed by atoms with E-state index in [9.17, 15) is 4.79 Å². The van der Waals surface area contributed by atoms with Gasteiger partial charge in [0.05, 0.1) is 19.2 Å². The monoisotopic (exact) mass is 384 g/mol. The Morgan fingerprint density at radius 2 is 1.96 bits per heavy atom. The number of rotatable bonds is 7. The Balaban J connectivity index is 1.65. The Morgan fingerprint density at radius 3 is 2.57 bits per heavy atom. The summed E-state index contributed by atoms with van der Waals surface area (Å²) in [6.07, 6.45) is 2.35. The molecule has 0 unspecified atom stereocenters. The second-order valence-electron chi connectivity index (χ2n) is 5.83. The predicted molar refractivity (Wildman–Crippen MR) is 93.7 cm³/mol. The number of carbonyl (C=O) groups is 1. The van der Waals surface area contributed by atoms with E-state index in [2.05, 4.69) is 20.8 Å². The van der Waals surface area contributed by atoms with Crippen molar-refractivity contribution in [3.8, 4) is 5.75 Å². The van der Waals surface area contributed by atoms with Gasteiger partial charge in [0, 0.05) is 31.7 Å². The smallest absolute Gasteiger partial charge is 0.236 e. The van der Waals surface area contributed by atoms with Crippen molar-refractivity contribution in [2.45, 2.75) is 18.9 Å². The van der Waals surface area contributed by atoms with Crippen LogP contribution in [0.2, 0.25) is 0 Å². The number of likely N-dealkylation sites (N-methyl/N-ethyl adjacent to an activating group) is 1. The van der Waals surface area contributed by atoms with E-state index in [-0.39, 0.29) is 5.91 Å². The number of methoxy groups -OCH3 is 1. The molecule has 1 aromatic rings. The van der Waals surface area contributed by atoms with Gasteiger partial charge in [0.2, 0.25) is 5.91 Å². The molecule has 6 heteroatoms. The zero-order valence-corrected chi connectivity index (χ0v) is 15.4. The summed E-state index contributed by atoms with van der Waals surface area (Å²) in [6, 6.07) is 7.69. The minimum Gasteiger partial charge on any atom is -0.492 e. The van der Waals surface area contributed by atoms with Crippen molar-refractivity contribution in [3.63, 3.8) is 0 Å². The molecule has 1 aliphatic rings. The average molecular weight is 385 g/mol. The minimum absolute atomic E-state index is 0.139. The first-order valence-electron chi connectivity index (χ1n) is 7.96. The molecule has 0 bridgehead atoms. The van der Waals surface area contributed by atoms with Crippen LogP contribution in [0.25, 0.3) is 0 Å². The first-order chi connectivity index (χ1) is 11.1. The van der Waals surface area contributed by atoms with Gasteiger partial charge in [-0.25, -0.2) is 0 Å². The summed E-state index contributed by atoms with van der Waals surface area (Å²) in [7, 11) is 3.58. The minimum atomic E-state index is 0.139. The second kappa shape index (κ2) is 9.25.